The minimum Gasteiger partial charge on any atom is -0.493 e. The first-order chi connectivity index (χ1) is 17.3. The number of carbonyl (C=O) groups is 1. The van der Waals surface area contributed by atoms with E-state index in [1.54, 1.807) is 49.4 Å². The van der Waals surface area contributed by atoms with Crippen LogP contribution in [0.15, 0.2) is 58.3 Å². The lowest BCUT2D eigenvalue weighted by Gasteiger charge is -2.16. The van der Waals surface area contributed by atoms with E-state index in [1.807, 2.05) is 0 Å². The zero-order valence-electron chi connectivity index (χ0n) is 19.1. The zero-order chi connectivity index (χ0) is 25.8. The highest BCUT2D eigenvalue weighted by molar-refractivity contribution is 7.15. The Bertz CT molecular complexity index is 1530. The summed E-state index contributed by atoms with van der Waals surface area (Å²) in [5.74, 6) is -0.453. The molecule has 186 valence electrons. The van der Waals surface area contributed by atoms with Crippen molar-refractivity contribution in [3.8, 4) is 16.7 Å². The van der Waals surface area contributed by atoms with Crippen molar-refractivity contribution in [2.24, 2.45) is 0 Å². The molecule has 0 saturated carbocycles. The van der Waals surface area contributed by atoms with Crippen LogP contribution < -0.4 is 26.2 Å². The van der Waals surface area contributed by atoms with Crippen LogP contribution in [0.2, 0.25) is 5.02 Å². The van der Waals surface area contributed by atoms with Crippen LogP contribution >= 0.6 is 22.9 Å². The molecule has 2 heterocycles. The van der Waals surface area contributed by atoms with Gasteiger partial charge in [0, 0.05) is 23.3 Å². The predicted molar refractivity (Wildman–Crippen MR) is 134 cm³/mol. The first-order valence-corrected chi connectivity index (χ1v) is 11.8. The molecule has 0 unspecified atom stereocenters. The van der Waals surface area contributed by atoms with Crippen LogP contribution in [-0.4, -0.2) is 37.3 Å². The lowest BCUT2D eigenvalue weighted by Crippen LogP contribution is -2.42. The van der Waals surface area contributed by atoms with Gasteiger partial charge in [0.2, 0.25) is 5.95 Å². The monoisotopic (exact) mass is 529 g/mol. The number of anilines is 2. The van der Waals surface area contributed by atoms with Crippen LogP contribution in [-0.2, 0) is 13.1 Å². The molecule has 2 N–H and O–H groups in total. The number of halogens is 1. The molecule has 0 atom stereocenters. The van der Waals surface area contributed by atoms with Crippen LogP contribution in [0.4, 0.5) is 11.6 Å². The molecule has 0 aliphatic heterocycles. The van der Waals surface area contributed by atoms with Gasteiger partial charge in [-0.25, -0.2) is 23.9 Å². The number of aromatic nitrogens is 4. The second-order valence-corrected chi connectivity index (χ2v) is 8.78. The lowest BCUT2D eigenvalue weighted by molar-refractivity contribution is 0.0702. The molecule has 0 amide bonds. The summed E-state index contributed by atoms with van der Waals surface area (Å²) in [6, 6.07) is 11.8. The normalized spacial score (nSPS) is 10.8. The van der Waals surface area contributed by atoms with Crippen LogP contribution in [0.5, 0.6) is 16.7 Å². The van der Waals surface area contributed by atoms with Gasteiger partial charge in [0.05, 0.1) is 19.9 Å². The topological polar surface area (TPSA) is 138 Å². The van der Waals surface area contributed by atoms with Gasteiger partial charge < -0.3 is 19.9 Å². The highest BCUT2D eigenvalue weighted by Gasteiger charge is 2.16. The molecule has 0 saturated heterocycles. The molecular weight excluding hydrogens is 510 g/mol. The SMILES string of the molecule is CCn1c(=O)nc(Nc2ccc(Oc3ncc(C(=O)O)s3)c(OC)c2)n(Cc2ccc(Cl)cc2)c1=O. The summed E-state index contributed by atoms with van der Waals surface area (Å²) in [4.78, 5) is 44.6. The second-order valence-electron chi connectivity index (χ2n) is 7.35. The maximum absolute atomic E-state index is 13.1. The van der Waals surface area contributed by atoms with Gasteiger partial charge in [-0.05, 0) is 36.8 Å². The molecule has 4 rings (SSSR count). The van der Waals surface area contributed by atoms with Gasteiger partial charge in [-0.1, -0.05) is 35.1 Å². The summed E-state index contributed by atoms with van der Waals surface area (Å²) in [7, 11) is 1.44. The highest BCUT2D eigenvalue weighted by Crippen LogP contribution is 2.36. The van der Waals surface area contributed by atoms with Crippen LogP contribution in [0.3, 0.4) is 0 Å². The van der Waals surface area contributed by atoms with Gasteiger partial charge in [-0.2, -0.15) is 4.98 Å². The Morgan fingerprint density at radius 2 is 1.89 bits per heavy atom. The summed E-state index contributed by atoms with van der Waals surface area (Å²) >= 11 is 6.85. The quantitative estimate of drug-likeness (QED) is 0.331. The molecule has 36 heavy (non-hydrogen) atoms. The molecule has 0 aliphatic carbocycles. The maximum Gasteiger partial charge on any atom is 0.354 e. The lowest BCUT2D eigenvalue weighted by atomic mass is 10.2. The van der Waals surface area contributed by atoms with Crippen LogP contribution in [0.1, 0.15) is 22.2 Å². The molecule has 11 nitrogen and oxygen atoms in total. The number of carboxylic acid groups (broad SMARTS) is 1. The Labute approximate surface area is 213 Å². The average molecular weight is 530 g/mol. The van der Waals surface area contributed by atoms with Crippen molar-refractivity contribution in [1.29, 1.82) is 0 Å². The van der Waals surface area contributed by atoms with E-state index in [1.165, 1.54) is 17.9 Å². The van der Waals surface area contributed by atoms with E-state index in [4.69, 9.17) is 26.2 Å². The fourth-order valence-electron chi connectivity index (χ4n) is 3.27. The number of thiazole rings is 1. The van der Waals surface area contributed by atoms with E-state index in [9.17, 15) is 14.4 Å². The predicted octanol–water partition coefficient (Wildman–Crippen LogP) is 3.83. The Morgan fingerprint density at radius 3 is 2.53 bits per heavy atom. The van der Waals surface area contributed by atoms with Gasteiger partial charge in [-0.3, -0.25) is 4.57 Å². The van der Waals surface area contributed by atoms with Gasteiger partial charge in [-0.15, -0.1) is 0 Å². The highest BCUT2D eigenvalue weighted by atomic mass is 35.5. The number of aromatic carboxylic acids is 1. The largest absolute Gasteiger partial charge is 0.493 e. The van der Waals surface area contributed by atoms with Crippen molar-refractivity contribution in [1.82, 2.24) is 19.1 Å². The number of benzene rings is 2. The maximum atomic E-state index is 13.1. The number of nitrogens with one attached hydrogen (secondary N) is 1. The molecule has 0 bridgehead atoms. The van der Waals surface area contributed by atoms with E-state index in [-0.39, 0.29) is 29.1 Å². The summed E-state index contributed by atoms with van der Waals surface area (Å²) in [5, 5.41) is 12.8. The fraction of sp³-hybridized carbons (Fsp3) is 0.174. The average Bonchev–Trinajstić information content (AvgIpc) is 3.33. The molecule has 2 aromatic heterocycles. The number of hydrogen-bond donors (Lipinski definition) is 2. The Balaban J connectivity index is 1.67. The number of hydrogen-bond acceptors (Lipinski definition) is 9. The molecule has 4 aromatic rings. The van der Waals surface area contributed by atoms with Gasteiger partial charge >= 0.3 is 17.3 Å². The third-order valence-corrected chi connectivity index (χ3v) is 6.15. The third kappa shape index (κ3) is 5.39. The second kappa shape index (κ2) is 10.6. The number of nitrogens with zero attached hydrogens (tertiary/aromatic N) is 4. The van der Waals surface area contributed by atoms with Gasteiger partial charge in [0.1, 0.15) is 4.88 Å². The van der Waals surface area contributed by atoms with E-state index < -0.39 is 17.3 Å². The summed E-state index contributed by atoms with van der Waals surface area (Å²) in [6.45, 7) is 2.02. The summed E-state index contributed by atoms with van der Waals surface area (Å²) in [6.07, 6.45) is 1.20. The van der Waals surface area contributed by atoms with Gasteiger partial charge in [0.15, 0.2) is 11.5 Å². The minimum absolute atomic E-state index is 0.0359. The fourth-order valence-corrected chi connectivity index (χ4v) is 4.01. The Hall–Kier alpha value is -4.16. The minimum atomic E-state index is -1.10. The molecular formula is C23H20ClN5O6S. The Kier molecular flexibility index (Phi) is 7.36. The number of carboxylic acids is 1. The van der Waals surface area contributed by atoms with Crippen molar-refractivity contribution in [2.45, 2.75) is 20.0 Å². The van der Waals surface area contributed by atoms with Crippen molar-refractivity contribution < 1.29 is 19.4 Å². The number of methoxy groups -OCH3 is 1. The Morgan fingerprint density at radius 1 is 1.14 bits per heavy atom. The summed E-state index contributed by atoms with van der Waals surface area (Å²) in [5.41, 5.74) is 0.0651. The van der Waals surface area contributed by atoms with Crippen molar-refractivity contribution in [3.05, 3.63) is 85.1 Å². The molecule has 0 radical (unpaired) electrons. The van der Waals surface area contributed by atoms with Crippen molar-refractivity contribution in [3.63, 3.8) is 0 Å². The van der Waals surface area contributed by atoms with Crippen LogP contribution in [0, 0.1) is 0 Å². The number of rotatable bonds is 9. The van der Waals surface area contributed by atoms with Crippen LogP contribution in [0.25, 0.3) is 0 Å². The zero-order valence-corrected chi connectivity index (χ0v) is 20.7. The van der Waals surface area contributed by atoms with E-state index in [0.29, 0.717) is 22.2 Å². The molecule has 0 aliphatic rings. The van der Waals surface area contributed by atoms with E-state index in [2.05, 4.69) is 15.3 Å². The standard InChI is InChI=1S/C23H20ClN5O6S/c1-3-28-21(32)27-20(29(23(28)33)12-13-4-6-14(24)7-5-13)26-15-8-9-16(17(10-15)34-2)35-22-25-11-18(36-22)19(30)31/h4-11H,3,12H2,1-2H3,(H,30,31)(H,26,27,32). The first kappa shape index (κ1) is 24.9. The molecule has 0 spiro atoms. The third-order valence-electron chi connectivity index (χ3n) is 5.03. The molecule has 0 fully saturated rings. The molecule has 2 aromatic carbocycles. The van der Waals surface area contributed by atoms with E-state index in [0.717, 1.165) is 21.5 Å². The smallest absolute Gasteiger partial charge is 0.354 e. The van der Waals surface area contributed by atoms with Gasteiger partial charge in [0.25, 0.3) is 5.19 Å². The molecule has 13 heteroatoms. The van der Waals surface area contributed by atoms with Crippen molar-refractivity contribution >= 4 is 40.5 Å². The van der Waals surface area contributed by atoms with E-state index >= 15 is 0 Å². The number of ether oxygens (including phenoxy) is 2. The summed E-state index contributed by atoms with van der Waals surface area (Å²) < 4.78 is 13.5. The van der Waals surface area contributed by atoms with Crippen molar-refractivity contribution in [2.75, 3.05) is 12.4 Å². The first-order valence-electron chi connectivity index (χ1n) is 10.6.